The third kappa shape index (κ3) is 3.19. The number of halogens is 1. The van der Waals surface area contributed by atoms with Gasteiger partial charge in [-0.3, -0.25) is 9.78 Å². The molecule has 0 spiro atoms. The molecule has 0 fully saturated rings. The van der Waals surface area contributed by atoms with Crippen LogP contribution >= 0.6 is 0 Å². The zero-order valence-corrected chi connectivity index (χ0v) is 11.2. The third-order valence-electron chi connectivity index (χ3n) is 3.04. The molecule has 0 aliphatic heterocycles. The maximum Gasteiger partial charge on any atom is 0.253 e. The Labute approximate surface area is 116 Å². The van der Waals surface area contributed by atoms with Crippen LogP contribution in [-0.2, 0) is 13.1 Å². The molecule has 1 heterocycles. The average Bonchev–Trinajstić information content (AvgIpc) is 2.46. The van der Waals surface area contributed by atoms with Gasteiger partial charge in [0.1, 0.15) is 5.82 Å². The monoisotopic (exact) mass is 273 g/mol. The zero-order chi connectivity index (χ0) is 14.5. The summed E-state index contributed by atoms with van der Waals surface area (Å²) in [4.78, 5) is 16.0. The smallest absolute Gasteiger partial charge is 0.253 e. The van der Waals surface area contributed by atoms with E-state index in [1.54, 1.807) is 37.4 Å². The third-order valence-corrected chi connectivity index (χ3v) is 3.04. The van der Waals surface area contributed by atoms with E-state index in [1.807, 2.05) is 0 Å². The zero-order valence-electron chi connectivity index (χ0n) is 11.2. The molecule has 104 valence electrons. The highest BCUT2D eigenvalue weighted by Gasteiger charge is 2.10. The van der Waals surface area contributed by atoms with Crippen LogP contribution in [-0.4, -0.2) is 10.9 Å². The lowest BCUT2D eigenvalue weighted by Crippen LogP contribution is -2.24. The van der Waals surface area contributed by atoms with E-state index in [0.29, 0.717) is 23.4 Å². The summed E-state index contributed by atoms with van der Waals surface area (Å²) >= 11 is 0. The summed E-state index contributed by atoms with van der Waals surface area (Å²) in [5.74, 6) is -0.630. The molecule has 2 rings (SSSR count). The predicted octanol–water partition coefficient (Wildman–Crippen LogP) is 1.92. The second-order valence-corrected chi connectivity index (χ2v) is 4.45. The van der Waals surface area contributed by atoms with Crippen LogP contribution in [0.4, 0.5) is 4.39 Å². The van der Waals surface area contributed by atoms with E-state index < -0.39 is 0 Å². The lowest BCUT2D eigenvalue weighted by molar-refractivity contribution is 0.0949. The number of rotatable bonds is 4. The lowest BCUT2D eigenvalue weighted by Gasteiger charge is -2.08. The summed E-state index contributed by atoms with van der Waals surface area (Å²) in [7, 11) is 0. The highest BCUT2D eigenvalue weighted by atomic mass is 19.1. The number of carbonyl (C=O) groups excluding carboxylic acids is 1. The Morgan fingerprint density at radius 1 is 1.40 bits per heavy atom. The fraction of sp³-hybridized carbons (Fsp3) is 0.200. The molecule has 4 nitrogen and oxygen atoms in total. The number of amides is 1. The van der Waals surface area contributed by atoms with Crippen LogP contribution in [0.2, 0.25) is 0 Å². The van der Waals surface area contributed by atoms with Crippen molar-refractivity contribution in [2.45, 2.75) is 20.0 Å². The van der Waals surface area contributed by atoms with Gasteiger partial charge in [-0.1, -0.05) is 12.1 Å². The standard InChI is InChI=1S/C15H16FN3O/c1-10-13(3-2-6-18-10)15(20)19-9-12-5-4-11(8-17)7-14(12)16/h2-7H,8-9,17H2,1H3,(H,19,20). The molecule has 0 saturated carbocycles. The van der Waals surface area contributed by atoms with E-state index in [2.05, 4.69) is 10.3 Å². The molecule has 20 heavy (non-hydrogen) atoms. The van der Waals surface area contributed by atoms with Crippen LogP contribution in [0.15, 0.2) is 36.5 Å². The van der Waals surface area contributed by atoms with Crippen molar-refractivity contribution < 1.29 is 9.18 Å². The summed E-state index contributed by atoms with van der Waals surface area (Å²) < 4.78 is 13.8. The van der Waals surface area contributed by atoms with Gasteiger partial charge in [-0.2, -0.15) is 0 Å². The van der Waals surface area contributed by atoms with E-state index in [0.717, 1.165) is 5.56 Å². The van der Waals surface area contributed by atoms with Gasteiger partial charge in [-0.15, -0.1) is 0 Å². The van der Waals surface area contributed by atoms with Gasteiger partial charge < -0.3 is 11.1 Å². The Morgan fingerprint density at radius 2 is 2.20 bits per heavy atom. The second kappa shape index (κ2) is 6.25. The van der Waals surface area contributed by atoms with Gasteiger partial charge in [0.15, 0.2) is 0 Å². The average molecular weight is 273 g/mol. The molecule has 0 bridgehead atoms. The number of hydrogen-bond donors (Lipinski definition) is 2. The van der Waals surface area contributed by atoms with Crippen molar-refractivity contribution in [3.05, 3.63) is 64.7 Å². The van der Waals surface area contributed by atoms with Gasteiger partial charge in [0, 0.05) is 30.5 Å². The predicted molar refractivity (Wildman–Crippen MR) is 74.4 cm³/mol. The minimum Gasteiger partial charge on any atom is -0.348 e. The summed E-state index contributed by atoms with van der Waals surface area (Å²) in [6.07, 6.45) is 1.62. The van der Waals surface area contributed by atoms with Crippen molar-refractivity contribution >= 4 is 5.91 Å². The molecule has 0 radical (unpaired) electrons. The van der Waals surface area contributed by atoms with Gasteiger partial charge in [0.2, 0.25) is 0 Å². The number of nitrogens with one attached hydrogen (secondary N) is 1. The largest absolute Gasteiger partial charge is 0.348 e. The minimum atomic E-state index is -0.365. The Kier molecular flexibility index (Phi) is 4.42. The van der Waals surface area contributed by atoms with Crippen LogP contribution in [0.5, 0.6) is 0 Å². The first kappa shape index (κ1) is 14.1. The van der Waals surface area contributed by atoms with Crippen LogP contribution in [0.25, 0.3) is 0 Å². The van der Waals surface area contributed by atoms with E-state index in [1.165, 1.54) is 6.07 Å². The van der Waals surface area contributed by atoms with Crippen molar-refractivity contribution in [2.24, 2.45) is 5.73 Å². The van der Waals surface area contributed by atoms with Crippen molar-refractivity contribution in [1.29, 1.82) is 0 Å². The molecular formula is C15H16FN3O. The van der Waals surface area contributed by atoms with Crippen LogP contribution in [0.1, 0.15) is 27.2 Å². The summed E-state index contributed by atoms with van der Waals surface area (Å²) in [6.45, 7) is 2.17. The summed E-state index contributed by atoms with van der Waals surface area (Å²) in [5.41, 5.74) is 7.73. The van der Waals surface area contributed by atoms with E-state index in [9.17, 15) is 9.18 Å². The fourth-order valence-electron chi connectivity index (χ4n) is 1.86. The van der Waals surface area contributed by atoms with Crippen molar-refractivity contribution in [2.75, 3.05) is 0 Å². The van der Waals surface area contributed by atoms with Gasteiger partial charge in [0.25, 0.3) is 5.91 Å². The van der Waals surface area contributed by atoms with Gasteiger partial charge >= 0.3 is 0 Å². The van der Waals surface area contributed by atoms with Crippen molar-refractivity contribution in [1.82, 2.24) is 10.3 Å². The van der Waals surface area contributed by atoms with Crippen LogP contribution in [0.3, 0.4) is 0 Å². The first-order chi connectivity index (χ1) is 9.61. The number of carbonyl (C=O) groups is 1. The number of aryl methyl sites for hydroxylation is 1. The molecule has 0 aliphatic carbocycles. The van der Waals surface area contributed by atoms with Gasteiger partial charge in [0.05, 0.1) is 5.56 Å². The maximum absolute atomic E-state index is 13.8. The van der Waals surface area contributed by atoms with Crippen LogP contribution in [0, 0.1) is 12.7 Å². The molecule has 2 aromatic rings. The summed E-state index contributed by atoms with van der Waals surface area (Å²) in [5, 5.41) is 2.68. The number of aromatic nitrogens is 1. The Bertz CT molecular complexity index is 628. The second-order valence-electron chi connectivity index (χ2n) is 4.45. The van der Waals surface area contributed by atoms with E-state index >= 15 is 0 Å². The number of benzene rings is 1. The fourth-order valence-corrected chi connectivity index (χ4v) is 1.86. The molecule has 1 aromatic heterocycles. The lowest BCUT2D eigenvalue weighted by atomic mass is 10.1. The molecule has 0 saturated heterocycles. The van der Waals surface area contributed by atoms with Crippen LogP contribution < -0.4 is 11.1 Å². The minimum absolute atomic E-state index is 0.129. The molecule has 5 heteroatoms. The quantitative estimate of drug-likeness (QED) is 0.894. The molecule has 1 amide bonds. The highest BCUT2D eigenvalue weighted by Crippen LogP contribution is 2.11. The van der Waals surface area contributed by atoms with E-state index in [4.69, 9.17) is 5.73 Å². The first-order valence-electron chi connectivity index (χ1n) is 6.29. The van der Waals surface area contributed by atoms with E-state index in [-0.39, 0.29) is 18.3 Å². The SMILES string of the molecule is Cc1ncccc1C(=O)NCc1ccc(CN)cc1F. The molecule has 0 unspecified atom stereocenters. The highest BCUT2D eigenvalue weighted by molar-refractivity contribution is 5.95. The number of hydrogen-bond acceptors (Lipinski definition) is 3. The molecular weight excluding hydrogens is 257 g/mol. The molecule has 0 atom stereocenters. The molecule has 1 aromatic carbocycles. The Hall–Kier alpha value is -2.27. The number of nitrogens with zero attached hydrogens (tertiary/aromatic N) is 1. The number of nitrogens with two attached hydrogens (primary N) is 1. The van der Waals surface area contributed by atoms with Crippen molar-refractivity contribution in [3.63, 3.8) is 0 Å². The van der Waals surface area contributed by atoms with Crippen molar-refractivity contribution in [3.8, 4) is 0 Å². The summed E-state index contributed by atoms with van der Waals surface area (Å²) in [6, 6.07) is 8.15. The Morgan fingerprint density at radius 3 is 2.85 bits per heavy atom. The normalized spacial score (nSPS) is 10.3. The maximum atomic E-state index is 13.8. The van der Waals surface area contributed by atoms with Gasteiger partial charge in [-0.05, 0) is 30.7 Å². The van der Waals surface area contributed by atoms with Gasteiger partial charge in [-0.25, -0.2) is 4.39 Å². The first-order valence-corrected chi connectivity index (χ1v) is 6.29. The molecule has 3 N–H and O–H groups in total. The Balaban J connectivity index is 2.06. The topological polar surface area (TPSA) is 68.0 Å². The number of pyridine rings is 1. The molecule has 0 aliphatic rings.